The molecule has 0 aliphatic rings. The van der Waals surface area contributed by atoms with E-state index in [1.807, 2.05) is 13.0 Å². The predicted octanol–water partition coefficient (Wildman–Crippen LogP) is 2.79. The summed E-state index contributed by atoms with van der Waals surface area (Å²) in [6, 6.07) is 0. The van der Waals surface area contributed by atoms with Crippen molar-refractivity contribution in [2.24, 2.45) is 11.8 Å². The molecule has 0 aromatic carbocycles. The summed E-state index contributed by atoms with van der Waals surface area (Å²) in [6.45, 7) is 6.09. The topological polar surface area (TPSA) is 26.3 Å². The second-order valence-electron chi connectivity index (χ2n) is 3.52. The van der Waals surface area contributed by atoms with Crippen molar-refractivity contribution in [3.8, 4) is 0 Å². The molecule has 0 aromatic heterocycles. The van der Waals surface area contributed by atoms with Crippen LogP contribution in [-0.2, 0) is 9.53 Å². The quantitative estimate of drug-likeness (QED) is 0.485. The van der Waals surface area contributed by atoms with Gasteiger partial charge in [-0.1, -0.05) is 26.0 Å². The highest BCUT2D eigenvalue weighted by molar-refractivity contribution is 5.72. The third-order valence-corrected chi connectivity index (χ3v) is 2.19. The average molecular weight is 184 g/mol. The number of carbonyl (C=O) groups excluding carboxylic acids is 1. The van der Waals surface area contributed by atoms with Crippen LogP contribution in [0.5, 0.6) is 0 Å². The molecule has 0 aliphatic heterocycles. The van der Waals surface area contributed by atoms with Crippen LogP contribution >= 0.6 is 0 Å². The van der Waals surface area contributed by atoms with Gasteiger partial charge in [-0.05, 0) is 25.7 Å². The summed E-state index contributed by atoms with van der Waals surface area (Å²) in [6.07, 6.45) is 5.93. The molecule has 2 heteroatoms. The molecule has 0 amide bonds. The van der Waals surface area contributed by atoms with Crippen LogP contribution in [0.4, 0.5) is 0 Å². The van der Waals surface area contributed by atoms with Crippen molar-refractivity contribution in [3.05, 3.63) is 12.2 Å². The van der Waals surface area contributed by atoms with E-state index in [9.17, 15) is 4.79 Å². The normalized spacial score (nSPS) is 13.6. The molecule has 0 fully saturated rings. The number of carbonyl (C=O) groups is 1. The largest absolute Gasteiger partial charge is 0.469 e. The van der Waals surface area contributed by atoms with Crippen molar-refractivity contribution in [2.45, 2.75) is 33.6 Å². The molecule has 2 nitrogen and oxygen atoms in total. The fraction of sp³-hybridized carbons (Fsp3) is 0.727. The summed E-state index contributed by atoms with van der Waals surface area (Å²) < 4.78 is 4.74. The van der Waals surface area contributed by atoms with Gasteiger partial charge in [0, 0.05) is 0 Å². The van der Waals surface area contributed by atoms with E-state index in [4.69, 9.17) is 4.74 Å². The highest BCUT2D eigenvalue weighted by Gasteiger charge is 2.21. The highest BCUT2D eigenvalue weighted by Crippen LogP contribution is 2.18. The van der Waals surface area contributed by atoms with Crippen LogP contribution in [0, 0.1) is 11.8 Å². The van der Waals surface area contributed by atoms with Gasteiger partial charge < -0.3 is 4.74 Å². The number of allylic oxidation sites excluding steroid dienone is 2. The number of ether oxygens (including phenoxy) is 1. The van der Waals surface area contributed by atoms with Crippen molar-refractivity contribution >= 4 is 5.97 Å². The average Bonchev–Trinajstić information content (AvgIpc) is 2.11. The third kappa shape index (κ3) is 4.71. The van der Waals surface area contributed by atoms with Gasteiger partial charge in [0.1, 0.15) is 0 Å². The number of rotatable bonds is 5. The molecule has 0 saturated carbocycles. The summed E-state index contributed by atoms with van der Waals surface area (Å²) in [4.78, 5) is 11.3. The van der Waals surface area contributed by atoms with Crippen LogP contribution in [0.2, 0.25) is 0 Å². The van der Waals surface area contributed by atoms with Crippen molar-refractivity contribution in [1.29, 1.82) is 0 Å². The predicted molar refractivity (Wildman–Crippen MR) is 54.4 cm³/mol. The van der Waals surface area contributed by atoms with E-state index in [1.165, 1.54) is 7.11 Å². The Balaban J connectivity index is 4.02. The standard InChI is InChI=1S/C11H20O2/c1-5-6-7-8-10(9(2)3)11(12)13-4/h5-6,9-10H,7-8H2,1-4H3/b6-5+. The first-order chi connectivity index (χ1) is 6.13. The Bertz CT molecular complexity index is 171. The van der Waals surface area contributed by atoms with Gasteiger partial charge in [0.2, 0.25) is 0 Å². The Morgan fingerprint density at radius 2 is 2.08 bits per heavy atom. The smallest absolute Gasteiger partial charge is 0.308 e. The van der Waals surface area contributed by atoms with Crippen LogP contribution in [0.25, 0.3) is 0 Å². The molecule has 0 saturated heterocycles. The van der Waals surface area contributed by atoms with Crippen LogP contribution in [-0.4, -0.2) is 13.1 Å². The fourth-order valence-electron chi connectivity index (χ4n) is 1.32. The summed E-state index contributed by atoms with van der Waals surface area (Å²) in [5.41, 5.74) is 0. The summed E-state index contributed by atoms with van der Waals surface area (Å²) in [5.74, 6) is 0.318. The Morgan fingerprint density at radius 3 is 2.46 bits per heavy atom. The lowest BCUT2D eigenvalue weighted by molar-refractivity contribution is -0.147. The monoisotopic (exact) mass is 184 g/mol. The molecule has 0 spiro atoms. The molecule has 0 heterocycles. The summed E-state index contributed by atoms with van der Waals surface area (Å²) >= 11 is 0. The lowest BCUT2D eigenvalue weighted by atomic mass is 9.91. The SMILES string of the molecule is C/C=C/CCC(C(=O)OC)C(C)C. The zero-order valence-electron chi connectivity index (χ0n) is 9.04. The zero-order valence-corrected chi connectivity index (χ0v) is 9.04. The maximum absolute atomic E-state index is 11.3. The van der Waals surface area contributed by atoms with E-state index >= 15 is 0 Å². The highest BCUT2D eigenvalue weighted by atomic mass is 16.5. The Labute approximate surface area is 81.0 Å². The van der Waals surface area contributed by atoms with Gasteiger partial charge in [0.15, 0.2) is 0 Å². The van der Waals surface area contributed by atoms with E-state index in [1.54, 1.807) is 0 Å². The number of hydrogen-bond donors (Lipinski definition) is 0. The Morgan fingerprint density at radius 1 is 1.46 bits per heavy atom. The van der Waals surface area contributed by atoms with Crippen LogP contribution < -0.4 is 0 Å². The minimum atomic E-state index is -0.0838. The molecule has 0 radical (unpaired) electrons. The molecule has 0 N–H and O–H groups in total. The van der Waals surface area contributed by atoms with Crippen LogP contribution in [0.3, 0.4) is 0 Å². The lowest BCUT2D eigenvalue weighted by Gasteiger charge is -2.16. The molecule has 76 valence electrons. The van der Waals surface area contributed by atoms with Crippen LogP contribution in [0.15, 0.2) is 12.2 Å². The Kier molecular flexibility index (Phi) is 6.29. The first-order valence-corrected chi connectivity index (χ1v) is 4.82. The van der Waals surface area contributed by atoms with Gasteiger partial charge in [-0.15, -0.1) is 0 Å². The maximum atomic E-state index is 11.3. The molecule has 0 aromatic rings. The van der Waals surface area contributed by atoms with Gasteiger partial charge >= 0.3 is 5.97 Å². The molecule has 0 rings (SSSR count). The number of esters is 1. The molecule has 0 bridgehead atoms. The molecule has 1 unspecified atom stereocenters. The first kappa shape index (κ1) is 12.2. The van der Waals surface area contributed by atoms with Gasteiger partial charge in [-0.3, -0.25) is 4.79 Å². The van der Waals surface area contributed by atoms with Crippen LogP contribution in [0.1, 0.15) is 33.6 Å². The Hall–Kier alpha value is -0.790. The number of hydrogen-bond acceptors (Lipinski definition) is 2. The first-order valence-electron chi connectivity index (χ1n) is 4.82. The zero-order chi connectivity index (χ0) is 10.3. The van der Waals surface area contributed by atoms with Crippen molar-refractivity contribution in [3.63, 3.8) is 0 Å². The van der Waals surface area contributed by atoms with E-state index in [0.717, 1.165) is 12.8 Å². The molecule has 1 atom stereocenters. The molecule has 0 aliphatic carbocycles. The molecular formula is C11H20O2. The van der Waals surface area contributed by atoms with E-state index in [0.29, 0.717) is 5.92 Å². The molecular weight excluding hydrogens is 164 g/mol. The van der Waals surface area contributed by atoms with E-state index < -0.39 is 0 Å². The third-order valence-electron chi connectivity index (χ3n) is 2.19. The van der Waals surface area contributed by atoms with Gasteiger partial charge in [-0.25, -0.2) is 0 Å². The van der Waals surface area contributed by atoms with Crippen molar-refractivity contribution in [2.75, 3.05) is 7.11 Å². The van der Waals surface area contributed by atoms with Gasteiger partial charge in [0.05, 0.1) is 13.0 Å². The van der Waals surface area contributed by atoms with E-state index in [-0.39, 0.29) is 11.9 Å². The molecule has 13 heavy (non-hydrogen) atoms. The minimum Gasteiger partial charge on any atom is -0.469 e. The van der Waals surface area contributed by atoms with Crippen molar-refractivity contribution in [1.82, 2.24) is 0 Å². The maximum Gasteiger partial charge on any atom is 0.308 e. The summed E-state index contributed by atoms with van der Waals surface area (Å²) in [5, 5.41) is 0. The van der Waals surface area contributed by atoms with Crippen molar-refractivity contribution < 1.29 is 9.53 Å². The second kappa shape index (κ2) is 6.70. The minimum absolute atomic E-state index is 0.0428. The van der Waals surface area contributed by atoms with E-state index in [2.05, 4.69) is 19.9 Å². The van der Waals surface area contributed by atoms with Gasteiger partial charge in [0.25, 0.3) is 0 Å². The van der Waals surface area contributed by atoms with Gasteiger partial charge in [-0.2, -0.15) is 0 Å². The lowest BCUT2D eigenvalue weighted by Crippen LogP contribution is -2.21. The fourth-order valence-corrected chi connectivity index (χ4v) is 1.32. The summed E-state index contributed by atoms with van der Waals surface area (Å²) in [7, 11) is 1.45. The number of methoxy groups -OCH3 is 1. The second-order valence-corrected chi connectivity index (χ2v) is 3.52.